The molecule has 0 aromatic carbocycles. The Morgan fingerprint density at radius 1 is 1.27 bits per heavy atom. The first-order valence-corrected chi connectivity index (χ1v) is 9.42. The Morgan fingerprint density at radius 3 is 2.65 bits per heavy atom. The lowest BCUT2D eigenvalue weighted by atomic mass is 9.86. The molecule has 0 saturated heterocycles. The Labute approximate surface area is 160 Å². The van der Waals surface area contributed by atoms with Gasteiger partial charge < -0.3 is 14.2 Å². The highest BCUT2D eigenvalue weighted by Gasteiger charge is 2.21. The van der Waals surface area contributed by atoms with E-state index in [0.29, 0.717) is 44.6 Å². The fourth-order valence-electron chi connectivity index (χ4n) is 2.50. The number of pyridine rings is 1. The Morgan fingerprint density at radius 2 is 2.04 bits per heavy atom. The summed E-state index contributed by atoms with van der Waals surface area (Å²) in [5.41, 5.74) is 1.09. The number of hydrogen-bond donors (Lipinski definition) is 0. The van der Waals surface area contributed by atoms with Gasteiger partial charge in [0.15, 0.2) is 11.5 Å². The van der Waals surface area contributed by atoms with Crippen molar-refractivity contribution in [1.82, 2.24) is 4.98 Å². The number of halogens is 1. The molecule has 0 amide bonds. The third-order valence-electron chi connectivity index (χ3n) is 4.05. The number of hydrogen-bond acceptors (Lipinski definition) is 7. The molecule has 1 fully saturated rings. The molecule has 0 unspecified atom stereocenters. The van der Waals surface area contributed by atoms with Gasteiger partial charge in [-0.3, -0.25) is 4.79 Å². The first-order valence-electron chi connectivity index (χ1n) is 8.22. The molecule has 138 valence electrons. The second-order valence-corrected chi connectivity index (χ2v) is 7.76. The van der Waals surface area contributed by atoms with Gasteiger partial charge in [0.25, 0.3) is 0 Å². The molecule has 8 heteroatoms. The van der Waals surface area contributed by atoms with Gasteiger partial charge in [0.2, 0.25) is 0 Å². The number of carbonyl (C=O) groups is 2. The van der Waals surface area contributed by atoms with E-state index in [2.05, 4.69) is 4.98 Å². The molecule has 3 rings (SSSR count). The average Bonchev–Trinajstić information content (AvgIpc) is 2.87. The maximum Gasteiger partial charge on any atom is 0.513 e. The van der Waals surface area contributed by atoms with E-state index >= 15 is 0 Å². The molecule has 2 aromatic heterocycles. The number of thiophene rings is 1. The van der Waals surface area contributed by atoms with Gasteiger partial charge in [0, 0.05) is 13.0 Å². The zero-order valence-corrected chi connectivity index (χ0v) is 16.0. The Balaban J connectivity index is 1.71. The molecule has 1 aliphatic carbocycles. The molecule has 0 bridgehead atoms. The van der Waals surface area contributed by atoms with Crippen molar-refractivity contribution in [2.45, 2.75) is 33.1 Å². The van der Waals surface area contributed by atoms with Gasteiger partial charge in [0.05, 0.1) is 27.2 Å². The second-order valence-electron chi connectivity index (χ2n) is 6.08. The predicted molar refractivity (Wildman–Crippen MR) is 97.9 cm³/mol. The van der Waals surface area contributed by atoms with Gasteiger partial charge in [-0.05, 0) is 37.8 Å². The topological polar surface area (TPSA) is 74.7 Å². The van der Waals surface area contributed by atoms with Crippen LogP contribution in [-0.4, -0.2) is 23.7 Å². The highest BCUT2D eigenvalue weighted by atomic mass is 35.5. The molecule has 6 nitrogen and oxygen atoms in total. The van der Waals surface area contributed by atoms with E-state index in [9.17, 15) is 9.59 Å². The fourth-order valence-corrected chi connectivity index (χ4v) is 3.61. The van der Waals surface area contributed by atoms with Gasteiger partial charge in [0.1, 0.15) is 0 Å². The standard InChI is InChI=1S/C18H18ClNO5S/c1-10-14(25-18(22)23-9-12-4-3-5-12)7-6-13(20-10)17-15(24-11(2)21)8-16(19)26-17/h6-8,12H,3-5,9H2,1-2H3. The normalized spacial score (nSPS) is 13.8. The smallest absolute Gasteiger partial charge is 0.434 e. The summed E-state index contributed by atoms with van der Waals surface area (Å²) in [4.78, 5) is 28.1. The van der Waals surface area contributed by atoms with E-state index < -0.39 is 12.1 Å². The molecule has 0 atom stereocenters. The maximum atomic E-state index is 11.8. The molecule has 0 radical (unpaired) electrons. The van der Waals surface area contributed by atoms with E-state index in [-0.39, 0.29) is 0 Å². The van der Waals surface area contributed by atoms with Gasteiger partial charge >= 0.3 is 12.1 Å². The van der Waals surface area contributed by atoms with Crippen LogP contribution < -0.4 is 9.47 Å². The predicted octanol–water partition coefficient (Wildman–Crippen LogP) is 5.01. The van der Waals surface area contributed by atoms with Crippen LogP contribution in [0.3, 0.4) is 0 Å². The Hall–Kier alpha value is -2.12. The molecule has 2 heterocycles. The van der Waals surface area contributed by atoms with E-state index in [4.69, 9.17) is 25.8 Å². The van der Waals surface area contributed by atoms with Crippen LogP contribution in [0, 0.1) is 12.8 Å². The third kappa shape index (κ3) is 4.53. The molecule has 0 aliphatic heterocycles. The number of carbonyl (C=O) groups excluding carboxylic acids is 2. The van der Waals surface area contributed by atoms with E-state index in [1.807, 2.05) is 0 Å². The minimum atomic E-state index is -0.727. The Bertz CT molecular complexity index is 831. The van der Waals surface area contributed by atoms with Gasteiger partial charge in [-0.1, -0.05) is 18.0 Å². The lowest BCUT2D eigenvalue weighted by Gasteiger charge is -2.24. The summed E-state index contributed by atoms with van der Waals surface area (Å²) < 4.78 is 16.0. The van der Waals surface area contributed by atoms with Gasteiger partial charge in [-0.25, -0.2) is 9.78 Å². The maximum absolute atomic E-state index is 11.8. The summed E-state index contributed by atoms with van der Waals surface area (Å²) in [5, 5.41) is 0. The average molecular weight is 396 g/mol. The van der Waals surface area contributed by atoms with Crippen molar-refractivity contribution < 1.29 is 23.8 Å². The van der Waals surface area contributed by atoms with Crippen LogP contribution in [0.1, 0.15) is 31.9 Å². The Kier molecular flexibility index (Phi) is 5.78. The molecule has 1 aliphatic rings. The van der Waals surface area contributed by atoms with Crippen LogP contribution in [0.2, 0.25) is 4.34 Å². The summed E-state index contributed by atoms with van der Waals surface area (Å²) in [6.07, 6.45) is 2.65. The summed E-state index contributed by atoms with van der Waals surface area (Å²) in [6.45, 7) is 3.43. The number of esters is 1. The van der Waals surface area contributed by atoms with Crippen molar-refractivity contribution in [2.75, 3.05) is 6.61 Å². The highest BCUT2D eigenvalue weighted by molar-refractivity contribution is 7.19. The molecule has 1 saturated carbocycles. The zero-order valence-electron chi connectivity index (χ0n) is 14.4. The van der Waals surface area contributed by atoms with Crippen molar-refractivity contribution in [1.29, 1.82) is 0 Å². The minimum absolute atomic E-state index is 0.323. The zero-order chi connectivity index (χ0) is 18.7. The fraction of sp³-hybridized carbons (Fsp3) is 0.389. The summed E-state index contributed by atoms with van der Waals surface area (Å²) in [7, 11) is 0. The van der Waals surface area contributed by atoms with E-state index in [1.165, 1.54) is 24.7 Å². The van der Waals surface area contributed by atoms with Crippen LogP contribution in [-0.2, 0) is 9.53 Å². The minimum Gasteiger partial charge on any atom is -0.434 e. The van der Waals surface area contributed by atoms with Crippen molar-refractivity contribution in [2.24, 2.45) is 5.92 Å². The van der Waals surface area contributed by atoms with Crippen LogP contribution in [0.5, 0.6) is 11.5 Å². The van der Waals surface area contributed by atoms with Gasteiger partial charge in [-0.15, -0.1) is 11.3 Å². The molecular formula is C18H18ClNO5S. The second kappa shape index (κ2) is 8.05. The molecule has 2 aromatic rings. The van der Waals surface area contributed by atoms with E-state index in [0.717, 1.165) is 12.8 Å². The van der Waals surface area contributed by atoms with E-state index in [1.54, 1.807) is 25.1 Å². The first-order chi connectivity index (χ1) is 12.4. The quantitative estimate of drug-likeness (QED) is 0.662. The molecule has 0 N–H and O–H groups in total. The lowest BCUT2D eigenvalue weighted by Crippen LogP contribution is -2.21. The number of nitrogens with zero attached hydrogens (tertiary/aromatic N) is 1. The number of aryl methyl sites for hydroxylation is 1. The summed E-state index contributed by atoms with van der Waals surface area (Å²) in [6, 6.07) is 4.88. The summed E-state index contributed by atoms with van der Waals surface area (Å²) >= 11 is 7.28. The van der Waals surface area contributed by atoms with Crippen molar-refractivity contribution in [3.8, 4) is 22.1 Å². The van der Waals surface area contributed by atoms with Crippen LogP contribution in [0.25, 0.3) is 10.6 Å². The number of ether oxygens (including phenoxy) is 3. The van der Waals surface area contributed by atoms with Gasteiger partial charge in [-0.2, -0.15) is 0 Å². The van der Waals surface area contributed by atoms with Crippen LogP contribution in [0.15, 0.2) is 18.2 Å². The van der Waals surface area contributed by atoms with Crippen molar-refractivity contribution in [3.63, 3.8) is 0 Å². The monoisotopic (exact) mass is 395 g/mol. The van der Waals surface area contributed by atoms with Crippen molar-refractivity contribution >= 4 is 35.1 Å². The number of aromatic nitrogens is 1. The lowest BCUT2D eigenvalue weighted by molar-refractivity contribution is -0.131. The largest absolute Gasteiger partial charge is 0.513 e. The number of rotatable bonds is 5. The first kappa shape index (κ1) is 18.7. The van der Waals surface area contributed by atoms with Crippen LogP contribution >= 0.6 is 22.9 Å². The third-order valence-corrected chi connectivity index (χ3v) is 5.31. The molecule has 0 spiro atoms. The highest BCUT2D eigenvalue weighted by Crippen LogP contribution is 2.40. The van der Waals surface area contributed by atoms with Crippen LogP contribution in [0.4, 0.5) is 4.79 Å². The summed E-state index contributed by atoms with van der Waals surface area (Å²) in [5.74, 6) is 0.691. The molecule has 26 heavy (non-hydrogen) atoms. The SMILES string of the molecule is CC(=O)Oc1cc(Cl)sc1-c1ccc(OC(=O)OCC2CCC2)c(C)n1. The van der Waals surface area contributed by atoms with Crippen molar-refractivity contribution in [3.05, 3.63) is 28.2 Å². The molecular weight excluding hydrogens is 378 g/mol.